The number of carbonyl (C=O) groups is 1. The third-order valence-corrected chi connectivity index (χ3v) is 5.79. The molecule has 30 heavy (non-hydrogen) atoms. The molecule has 152 valence electrons. The van der Waals surface area contributed by atoms with Gasteiger partial charge < -0.3 is 20.1 Å². The highest BCUT2D eigenvalue weighted by Gasteiger charge is 2.13. The Morgan fingerprint density at radius 3 is 2.40 bits per heavy atom. The summed E-state index contributed by atoms with van der Waals surface area (Å²) in [5, 5.41) is 6.84. The average molecular weight is 440 g/mol. The molecule has 0 aliphatic heterocycles. The molecule has 0 saturated heterocycles. The third kappa shape index (κ3) is 4.17. The number of hydrogen-bond donors (Lipinski definition) is 2. The minimum atomic E-state index is -0.415. The van der Waals surface area contributed by atoms with Gasteiger partial charge in [-0.2, -0.15) is 0 Å². The van der Waals surface area contributed by atoms with E-state index in [0.717, 1.165) is 20.8 Å². The molecule has 4 aromatic rings. The lowest BCUT2D eigenvalue weighted by molar-refractivity contribution is 0.262. The maximum Gasteiger partial charge on any atom is 0.323 e. The van der Waals surface area contributed by atoms with Gasteiger partial charge in [-0.1, -0.05) is 23.7 Å². The number of ether oxygens (including phenoxy) is 2. The van der Waals surface area contributed by atoms with E-state index in [9.17, 15) is 4.79 Å². The first kappa shape index (κ1) is 20.0. The number of halogens is 1. The van der Waals surface area contributed by atoms with Crippen molar-refractivity contribution in [1.82, 2.24) is 4.98 Å². The number of benzene rings is 3. The molecule has 0 fully saturated rings. The van der Waals surface area contributed by atoms with Gasteiger partial charge in [0.15, 0.2) is 0 Å². The van der Waals surface area contributed by atoms with Crippen LogP contribution in [0.3, 0.4) is 0 Å². The summed E-state index contributed by atoms with van der Waals surface area (Å²) in [5.74, 6) is 0.905. The van der Waals surface area contributed by atoms with Crippen LogP contribution in [-0.4, -0.2) is 25.2 Å². The van der Waals surface area contributed by atoms with Crippen molar-refractivity contribution in [2.75, 3.05) is 24.9 Å². The molecule has 0 unspecified atom stereocenters. The molecule has 4 rings (SSSR count). The summed E-state index contributed by atoms with van der Waals surface area (Å²) < 4.78 is 11.6. The van der Waals surface area contributed by atoms with Crippen LogP contribution < -0.4 is 20.1 Å². The van der Waals surface area contributed by atoms with Crippen molar-refractivity contribution in [3.8, 4) is 22.1 Å². The van der Waals surface area contributed by atoms with Gasteiger partial charge in [-0.25, -0.2) is 9.78 Å². The number of amides is 2. The molecular formula is C22H18ClN3O3S. The minimum absolute atomic E-state index is 0.369. The monoisotopic (exact) mass is 439 g/mol. The summed E-state index contributed by atoms with van der Waals surface area (Å²) in [5.41, 5.74) is 3.06. The summed E-state index contributed by atoms with van der Waals surface area (Å²) in [7, 11) is 3.02. The predicted molar refractivity (Wildman–Crippen MR) is 122 cm³/mol. The highest BCUT2D eigenvalue weighted by atomic mass is 35.5. The van der Waals surface area contributed by atoms with Gasteiger partial charge in [0.2, 0.25) is 0 Å². The zero-order valence-electron chi connectivity index (χ0n) is 16.2. The number of nitrogens with zero attached hydrogens (tertiary/aromatic N) is 1. The number of rotatable bonds is 5. The Hall–Kier alpha value is -3.29. The molecule has 0 aliphatic carbocycles. The van der Waals surface area contributed by atoms with Crippen molar-refractivity contribution in [2.24, 2.45) is 0 Å². The molecule has 6 nitrogen and oxygen atoms in total. The quantitative estimate of drug-likeness (QED) is 0.384. The highest BCUT2D eigenvalue weighted by Crippen LogP contribution is 2.36. The molecule has 1 aromatic heterocycles. The molecule has 2 N–H and O–H groups in total. The molecule has 0 bridgehead atoms. The van der Waals surface area contributed by atoms with Gasteiger partial charge in [0.05, 0.1) is 35.1 Å². The molecule has 2 amide bonds. The van der Waals surface area contributed by atoms with Crippen molar-refractivity contribution >= 4 is 50.6 Å². The lowest BCUT2D eigenvalue weighted by Crippen LogP contribution is -2.19. The van der Waals surface area contributed by atoms with Gasteiger partial charge in [-0.3, -0.25) is 0 Å². The summed E-state index contributed by atoms with van der Waals surface area (Å²) in [6.45, 7) is 0. The van der Waals surface area contributed by atoms with Gasteiger partial charge in [-0.15, -0.1) is 11.3 Å². The van der Waals surface area contributed by atoms with Gasteiger partial charge in [-0.05, 0) is 42.5 Å². The maximum absolute atomic E-state index is 12.4. The Balaban J connectivity index is 1.47. The van der Waals surface area contributed by atoms with Crippen LogP contribution in [0.4, 0.5) is 16.2 Å². The van der Waals surface area contributed by atoms with E-state index in [1.807, 2.05) is 42.5 Å². The van der Waals surface area contributed by atoms with Crippen LogP contribution in [0.25, 0.3) is 20.8 Å². The summed E-state index contributed by atoms with van der Waals surface area (Å²) in [6, 6.07) is 18.3. The number of thiazole rings is 1. The Morgan fingerprint density at radius 2 is 1.70 bits per heavy atom. The lowest BCUT2D eigenvalue weighted by Gasteiger charge is -2.13. The van der Waals surface area contributed by atoms with Crippen LogP contribution in [0.1, 0.15) is 0 Å². The normalized spacial score (nSPS) is 10.6. The lowest BCUT2D eigenvalue weighted by atomic mass is 10.2. The first-order chi connectivity index (χ1) is 14.6. The summed E-state index contributed by atoms with van der Waals surface area (Å²) >= 11 is 7.78. The molecule has 0 aliphatic rings. The number of para-hydroxylation sites is 1. The fourth-order valence-corrected chi connectivity index (χ4v) is 4.15. The van der Waals surface area contributed by atoms with E-state index in [1.165, 1.54) is 14.2 Å². The Morgan fingerprint density at radius 1 is 0.967 bits per heavy atom. The summed E-state index contributed by atoms with van der Waals surface area (Å²) in [4.78, 5) is 17.1. The second-order valence-electron chi connectivity index (χ2n) is 6.33. The van der Waals surface area contributed by atoms with Crippen LogP contribution >= 0.6 is 22.9 Å². The fourth-order valence-electron chi connectivity index (χ4n) is 2.93. The Bertz CT molecular complexity index is 1180. The summed E-state index contributed by atoms with van der Waals surface area (Å²) in [6.07, 6.45) is 0. The number of nitrogens with one attached hydrogen (secondary N) is 2. The van der Waals surface area contributed by atoms with Crippen molar-refractivity contribution in [2.45, 2.75) is 0 Å². The average Bonchev–Trinajstić information content (AvgIpc) is 3.19. The number of fused-ring (bicyclic) bond motifs is 1. The van der Waals surface area contributed by atoms with Crippen LogP contribution in [-0.2, 0) is 0 Å². The Labute approximate surface area is 182 Å². The largest absolute Gasteiger partial charge is 0.495 e. The van der Waals surface area contributed by atoms with Crippen LogP contribution in [0.2, 0.25) is 5.02 Å². The Kier molecular flexibility index (Phi) is 5.74. The minimum Gasteiger partial charge on any atom is -0.495 e. The predicted octanol–water partition coefficient (Wildman–Crippen LogP) is 6.28. The number of anilines is 2. The smallest absolute Gasteiger partial charge is 0.323 e. The van der Waals surface area contributed by atoms with Gasteiger partial charge in [0.25, 0.3) is 0 Å². The third-order valence-electron chi connectivity index (χ3n) is 4.41. The van der Waals surface area contributed by atoms with E-state index in [-0.39, 0.29) is 0 Å². The van der Waals surface area contributed by atoms with Crippen molar-refractivity contribution in [1.29, 1.82) is 0 Å². The first-order valence-electron chi connectivity index (χ1n) is 9.03. The standard InChI is InChI=1S/C22H18ClN3O3S/c1-28-18-12-19(29-2)17(11-15(18)23)26-22(27)24-14-9-7-13(8-10-14)21-25-16-5-3-4-6-20(16)30-21/h3-12H,1-2H3,(H2,24,26,27). The number of aromatic nitrogens is 1. The molecule has 1 heterocycles. The molecule has 0 saturated carbocycles. The number of hydrogen-bond acceptors (Lipinski definition) is 5. The first-order valence-corrected chi connectivity index (χ1v) is 10.2. The molecular weight excluding hydrogens is 422 g/mol. The SMILES string of the molecule is COc1cc(OC)c(NC(=O)Nc2ccc(-c3nc4ccccc4s3)cc2)cc1Cl. The second-order valence-corrected chi connectivity index (χ2v) is 7.77. The zero-order valence-corrected chi connectivity index (χ0v) is 17.8. The van der Waals surface area contributed by atoms with E-state index in [1.54, 1.807) is 23.5 Å². The number of urea groups is 1. The van der Waals surface area contributed by atoms with Crippen molar-refractivity contribution in [3.05, 3.63) is 65.7 Å². The van der Waals surface area contributed by atoms with E-state index < -0.39 is 6.03 Å². The van der Waals surface area contributed by atoms with Gasteiger partial charge >= 0.3 is 6.03 Å². The van der Waals surface area contributed by atoms with Crippen LogP contribution in [0.15, 0.2) is 60.7 Å². The molecule has 0 spiro atoms. The topological polar surface area (TPSA) is 72.5 Å². The number of carbonyl (C=O) groups excluding carboxylic acids is 1. The van der Waals surface area contributed by atoms with Gasteiger partial charge in [0.1, 0.15) is 16.5 Å². The van der Waals surface area contributed by atoms with Crippen molar-refractivity contribution < 1.29 is 14.3 Å². The fraction of sp³-hybridized carbons (Fsp3) is 0.0909. The van der Waals surface area contributed by atoms with Gasteiger partial charge in [0, 0.05) is 17.3 Å². The van der Waals surface area contributed by atoms with E-state index in [2.05, 4.69) is 21.7 Å². The zero-order chi connectivity index (χ0) is 21.1. The van der Waals surface area contributed by atoms with Crippen LogP contribution in [0, 0.1) is 0 Å². The second kappa shape index (κ2) is 8.61. The van der Waals surface area contributed by atoms with Crippen molar-refractivity contribution in [3.63, 3.8) is 0 Å². The molecule has 0 atom stereocenters. The van der Waals surface area contributed by atoms with E-state index in [4.69, 9.17) is 21.1 Å². The number of methoxy groups -OCH3 is 2. The maximum atomic E-state index is 12.4. The highest BCUT2D eigenvalue weighted by molar-refractivity contribution is 7.21. The molecule has 8 heteroatoms. The molecule has 3 aromatic carbocycles. The van der Waals surface area contributed by atoms with Crippen LogP contribution in [0.5, 0.6) is 11.5 Å². The van der Waals surface area contributed by atoms with E-state index >= 15 is 0 Å². The van der Waals surface area contributed by atoms with E-state index in [0.29, 0.717) is 27.9 Å². The molecule has 0 radical (unpaired) electrons.